The molecule has 0 aromatic heterocycles. The van der Waals surface area contributed by atoms with Gasteiger partial charge in [-0.3, -0.25) is 0 Å². The molecule has 0 spiro atoms. The van der Waals surface area contributed by atoms with Crippen molar-refractivity contribution in [3.8, 4) is 0 Å². The lowest BCUT2D eigenvalue weighted by Gasteiger charge is -2.26. The average molecular weight is 249 g/mol. The average Bonchev–Trinajstić information content (AvgIpc) is 2.36. The van der Waals surface area contributed by atoms with Crippen LogP contribution in [0.15, 0.2) is 24.3 Å². The molecule has 0 aliphatic heterocycles. The summed E-state index contributed by atoms with van der Waals surface area (Å²) in [7, 11) is 0. The van der Waals surface area contributed by atoms with Crippen LogP contribution in [0.3, 0.4) is 0 Å². The molecular weight excluding hydrogens is 222 g/mol. The number of hydrogen-bond donors (Lipinski definition) is 2. The van der Waals surface area contributed by atoms with Gasteiger partial charge >= 0.3 is 0 Å². The highest BCUT2D eigenvalue weighted by molar-refractivity contribution is 5.26. The fourth-order valence-corrected chi connectivity index (χ4v) is 1.72. The number of nitrogens with one attached hydrogen (secondary N) is 1. The maximum Gasteiger partial charge on any atom is 0.0914 e. The van der Waals surface area contributed by atoms with Crippen LogP contribution in [-0.2, 0) is 0 Å². The summed E-state index contributed by atoms with van der Waals surface area (Å²) in [5, 5.41) is 13.5. The van der Waals surface area contributed by atoms with Crippen molar-refractivity contribution < 1.29 is 5.11 Å². The Morgan fingerprint density at radius 2 is 1.61 bits per heavy atom. The van der Waals surface area contributed by atoms with Crippen LogP contribution in [0, 0.1) is 0 Å². The molecular formula is C16H27NO. The van der Waals surface area contributed by atoms with Crippen molar-refractivity contribution in [2.45, 2.75) is 58.6 Å². The SMILES string of the molecule is CCC(C)(C)NCC(O)c1ccc(C(C)C)cc1. The largest absolute Gasteiger partial charge is 0.387 e. The van der Waals surface area contributed by atoms with Crippen LogP contribution < -0.4 is 5.32 Å². The van der Waals surface area contributed by atoms with Crippen molar-refractivity contribution in [1.82, 2.24) is 5.32 Å². The minimum atomic E-state index is -0.433. The quantitative estimate of drug-likeness (QED) is 0.807. The molecule has 0 aliphatic rings. The fourth-order valence-electron chi connectivity index (χ4n) is 1.72. The Kier molecular flexibility index (Phi) is 5.36. The molecule has 0 heterocycles. The zero-order valence-electron chi connectivity index (χ0n) is 12.3. The molecule has 0 amide bonds. The number of hydrogen-bond acceptors (Lipinski definition) is 2. The molecule has 2 heteroatoms. The monoisotopic (exact) mass is 249 g/mol. The number of aliphatic hydroxyl groups excluding tert-OH is 1. The summed E-state index contributed by atoms with van der Waals surface area (Å²) in [6, 6.07) is 8.27. The van der Waals surface area contributed by atoms with Gasteiger partial charge in [0.25, 0.3) is 0 Å². The van der Waals surface area contributed by atoms with Gasteiger partial charge in [0, 0.05) is 12.1 Å². The molecule has 0 aliphatic carbocycles. The lowest BCUT2D eigenvalue weighted by atomic mass is 9.98. The first-order chi connectivity index (χ1) is 8.35. The van der Waals surface area contributed by atoms with Crippen molar-refractivity contribution in [1.29, 1.82) is 0 Å². The van der Waals surface area contributed by atoms with Gasteiger partial charge in [0.1, 0.15) is 0 Å². The first-order valence-corrected chi connectivity index (χ1v) is 6.88. The van der Waals surface area contributed by atoms with Gasteiger partial charge in [0.05, 0.1) is 6.10 Å². The smallest absolute Gasteiger partial charge is 0.0914 e. The van der Waals surface area contributed by atoms with E-state index in [-0.39, 0.29) is 5.54 Å². The number of rotatable bonds is 6. The van der Waals surface area contributed by atoms with Gasteiger partial charge in [-0.25, -0.2) is 0 Å². The van der Waals surface area contributed by atoms with Crippen molar-refractivity contribution in [2.75, 3.05) is 6.54 Å². The van der Waals surface area contributed by atoms with Crippen LogP contribution in [0.2, 0.25) is 0 Å². The van der Waals surface area contributed by atoms with Crippen LogP contribution in [0.4, 0.5) is 0 Å². The van der Waals surface area contributed by atoms with E-state index in [1.807, 2.05) is 12.1 Å². The predicted molar refractivity (Wildman–Crippen MR) is 77.9 cm³/mol. The second-order valence-corrected chi connectivity index (χ2v) is 5.96. The van der Waals surface area contributed by atoms with Gasteiger partial charge in [-0.2, -0.15) is 0 Å². The van der Waals surface area contributed by atoms with Crippen molar-refractivity contribution in [3.05, 3.63) is 35.4 Å². The van der Waals surface area contributed by atoms with E-state index in [0.29, 0.717) is 12.5 Å². The molecule has 1 aromatic rings. The van der Waals surface area contributed by atoms with Crippen LogP contribution in [0.5, 0.6) is 0 Å². The van der Waals surface area contributed by atoms with Gasteiger partial charge in [0.2, 0.25) is 0 Å². The van der Waals surface area contributed by atoms with Crippen LogP contribution in [0.25, 0.3) is 0 Å². The Hall–Kier alpha value is -0.860. The minimum absolute atomic E-state index is 0.0822. The Morgan fingerprint density at radius 1 is 1.11 bits per heavy atom. The van der Waals surface area contributed by atoms with Crippen LogP contribution >= 0.6 is 0 Å². The first kappa shape index (κ1) is 15.2. The van der Waals surface area contributed by atoms with E-state index in [1.54, 1.807) is 0 Å². The molecule has 1 rings (SSSR count). The number of β-amino-alcohol motifs (C(OH)–C–C–N with tert-alkyl or cyclic N) is 1. The molecule has 0 saturated heterocycles. The van der Waals surface area contributed by atoms with E-state index in [2.05, 4.69) is 52.1 Å². The summed E-state index contributed by atoms with van der Waals surface area (Å²) in [5.41, 5.74) is 2.38. The molecule has 2 N–H and O–H groups in total. The summed E-state index contributed by atoms with van der Waals surface area (Å²) in [5.74, 6) is 0.536. The zero-order chi connectivity index (χ0) is 13.8. The Morgan fingerprint density at radius 3 is 2.06 bits per heavy atom. The number of aliphatic hydroxyl groups is 1. The van der Waals surface area contributed by atoms with E-state index in [9.17, 15) is 5.11 Å². The summed E-state index contributed by atoms with van der Waals surface area (Å²) in [4.78, 5) is 0. The molecule has 18 heavy (non-hydrogen) atoms. The van der Waals surface area contributed by atoms with Crippen molar-refractivity contribution in [2.24, 2.45) is 0 Å². The molecule has 0 fully saturated rings. The maximum absolute atomic E-state index is 10.1. The molecule has 1 unspecified atom stereocenters. The molecule has 1 atom stereocenters. The molecule has 102 valence electrons. The van der Waals surface area contributed by atoms with Gasteiger partial charge in [0.15, 0.2) is 0 Å². The van der Waals surface area contributed by atoms with Gasteiger partial charge in [-0.05, 0) is 37.3 Å². The van der Waals surface area contributed by atoms with Crippen molar-refractivity contribution in [3.63, 3.8) is 0 Å². The predicted octanol–water partition coefficient (Wildman–Crippen LogP) is 3.62. The first-order valence-electron chi connectivity index (χ1n) is 6.88. The topological polar surface area (TPSA) is 32.3 Å². The highest BCUT2D eigenvalue weighted by atomic mass is 16.3. The van der Waals surface area contributed by atoms with E-state index >= 15 is 0 Å². The highest BCUT2D eigenvalue weighted by Crippen LogP contribution is 2.19. The Bertz CT molecular complexity index is 354. The minimum Gasteiger partial charge on any atom is -0.387 e. The van der Waals surface area contributed by atoms with E-state index in [0.717, 1.165) is 12.0 Å². The third-order valence-corrected chi connectivity index (χ3v) is 3.65. The standard InChI is InChI=1S/C16H27NO/c1-6-16(4,5)17-11-15(18)14-9-7-13(8-10-14)12(2)3/h7-10,12,15,17-18H,6,11H2,1-5H3. The zero-order valence-corrected chi connectivity index (χ0v) is 12.3. The highest BCUT2D eigenvalue weighted by Gasteiger charge is 2.16. The summed E-state index contributed by atoms with van der Waals surface area (Å²) in [6.45, 7) is 11.4. The van der Waals surface area contributed by atoms with E-state index in [4.69, 9.17) is 0 Å². The summed E-state index contributed by atoms with van der Waals surface area (Å²) in [6.07, 6.45) is 0.614. The van der Waals surface area contributed by atoms with Crippen LogP contribution in [0.1, 0.15) is 64.2 Å². The molecule has 0 bridgehead atoms. The van der Waals surface area contributed by atoms with Gasteiger partial charge < -0.3 is 10.4 Å². The van der Waals surface area contributed by atoms with E-state index < -0.39 is 6.10 Å². The van der Waals surface area contributed by atoms with Gasteiger partial charge in [-0.1, -0.05) is 45.0 Å². The lowest BCUT2D eigenvalue weighted by Crippen LogP contribution is -2.40. The normalized spacial score (nSPS) is 13.9. The van der Waals surface area contributed by atoms with E-state index in [1.165, 1.54) is 5.56 Å². The second kappa shape index (κ2) is 6.35. The summed E-state index contributed by atoms with van der Waals surface area (Å²) < 4.78 is 0. The molecule has 1 aromatic carbocycles. The van der Waals surface area contributed by atoms with Crippen molar-refractivity contribution >= 4 is 0 Å². The number of benzene rings is 1. The summed E-state index contributed by atoms with van der Waals surface area (Å²) >= 11 is 0. The maximum atomic E-state index is 10.1. The second-order valence-electron chi connectivity index (χ2n) is 5.96. The molecule has 2 nitrogen and oxygen atoms in total. The molecule has 0 radical (unpaired) electrons. The van der Waals surface area contributed by atoms with Crippen LogP contribution in [-0.4, -0.2) is 17.2 Å². The lowest BCUT2D eigenvalue weighted by molar-refractivity contribution is 0.160. The molecule has 0 saturated carbocycles. The Labute approximate surface area is 111 Å². The third-order valence-electron chi connectivity index (χ3n) is 3.65. The Balaban J connectivity index is 2.59. The third kappa shape index (κ3) is 4.43. The van der Waals surface area contributed by atoms with Gasteiger partial charge in [-0.15, -0.1) is 0 Å². The fraction of sp³-hybridized carbons (Fsp3) is 0.625.